The Morgan fingerprint density at radius 2 is 0.443 bits per heavy atom. The fraction of sp³-hybridized carbons (Fsp3) is 0.0465. The van der Waals surface area contributed by atoms with Gasteiger partial charge in [-0.15, -0.1) is 11.3 Å². The van der Waals surface area contributed by atoms with E-state index in [1.54, 1.807) is 0 Å². The van der Waals surface area contributed by atoms with Crippen LogP contribution in [0, 0.1) is 0 Å². The highest BCUT2D eigenvalue weighted by Crippen LogP contribution is 2.48. The number of rotatable bonds is 13. The molecule has 11 heteroatoms. The van der Waals surface area contributed by atoms with Crippen LogP contribution in [-0.2, 0) is 19.3 Å². The van der Waals surface area contributed by atoms with Crippen molar-refractivity contribution in [2.24, 2.45) is 0 Å². The number of nitrogens with zero attached hydrogens (tertiary/aromatic N) is 10. The van der Waals surface area contributed by atoms with Gasteiger partial charge in [-0.2, -0.15) is 0 Å². The largest absolute Gasteiger partial charge is 0.307 e. The van der Waals surface area contributed by atoms with Crippen molar-refractivity contribution in [1.29, 1.82) is 0 Å². The summed E-state index contributed by atoms with van der Waals surface area (Å²) >= 11 is 1.86. The summed E-state index contributed by atoms with van der Waals surface area (Å²) in [6.07, 6.45) is 3.08. The molecule has 10 nitrogen and oxygen atoms in total. The summed E-state index contributed by atoms with van der Waals surface area (Å²) in [5.74, 6) is 3.60. The lowest BCUT2D eigenvalue weighted by Crippen LogP contribution is -2.04. The number of benzene rings is 18. The van der Waals surface area contributed by atoms with Gasteiger partial charge in [-0.05, 0) is 187 Å². The Labute approximate surface area is 810 Å². The van der Waals surface area contributed by atoms with Crippen molar-refractivity contribution in [3.05, 3.63) is 472 Å². The molecule has 662 valence electrons. The molecule has 11 aromatic heterocycles. The molecule has 0 aliphatic carbocycles. The molecule has 0 saturated carbocycles. The maximum Gasteiger partial charge on any atom is 0.140 e. The van der Waals surface area contributed by atoms with Crippen LogP contribution in [0.4, 0.5) is 0 Å². The van der Waals surface area contributed by atoms with Crippen molar-refractivity contribution in [1.82, 2.24) is 46.9 Å². The number of hydrogen-bond donors (Lipinski definition) is 0. The first-order valence-electron chi connectivity index (χ1n) is 48.5. The first kappa shape index (κ1) is 81.8. The molecule has 0 fully saturated rings. The Balaban J connectivity index is 0.000000108. The van der Waals surface area contributed by atoms with E-state index in [0.29, 0.717) is 0 Å². The Kier molecular flexibility index (Phi) is 19.5. The minimum Gasteiger partial charge on any atom is -0.307 e. The molecule has 0 atom stereocenters. The fourth-order valence-electron chi connectivity index (χ4n) is 22.3. The number of aryl methyl sites for hydroxylation is 3. The van der Waals surface area contributed by atoms with Gasteiger partial charge in [0.1, 0.15) is 23.3 Å². The average molecular weight is 1810 g/mol. The molecule has 29 aromatic rings. The molecule has 0 radical (unpaired) electrons. The summed E-state index contributed by atoms with van der Waals surface area (Å²) in [5, 5.41) is 19.8. The van der Waals surface area contributed by atoms with Crippen molar-refractivity contribution >= 4 is 184 Å². The van der Waals surface area contributed by atoms with Crippen molar-refractivity contribution in [3.63, 3.8) is 0 Å². The summed E-state index contributed by atoms with van der Waals surface area (Å²) in [6, 6.07) is 165. The third kappa shape index (κ3) is 13.1. The average Bonchev–Trinajstić information content (AvgIpc) is 1.55. The topological polar surface area (TPSA) is 73.2 Å². The smallest absolute Gasteiger partial charge is 0.140 e. The summed E-state index contributed by atoms with van der Waals surface area (Å²) in [6.45, 7) is 6.58. The van der Waals surface area contributed by atoms with E-state index in [9.17, 15) is 0 Å². The molecule has 0 unspecified atom stereocenters. The molecule has 0 bridgehead atoms. The molecule has 29 rings (SSSR count). The van der Waals surface area contributed by atoms with Gasteiger partial charge >= 0.3 is 0 Å². The van der Waals surface area contributed by atoms with Crippen LogP contribution in [0.3, 0.4) is 0 Å². The van der Waals surface area contributed by atoms with E-state index in [-0.39, 0.29) is 0 Å². The van der Waals surface area contributed by atoms with Crippen molar-refractivity contribution in [3.8, 4) is 74.0 Å². The Morgan fingerprint density at radius 1 is 0.171 bits per heavy atom. The van der Waals surface area contributed by atoms with Gasteiger partial charge in [-0.3, -0.25) is 18.3 Å². The Hall–Kier alpha value is -17.8. The van der Waals surface area contributed by atoms with Crippen molar-refractivity contribution < 1.29 is 0 Å². The van der Waals surface area contributed by atoms with Crippen LogP contribution in [0.15, 0.2) is 455 Å². The van der Waals surface area contributed by atoms with E-state index in [1.165, 1.54) is 168 Å². The predicted molar refractivity (Wildman–Crippen MR) is 590 cm³/mol. The first-order chi connectivity index (χ1) is 69.3. The maximum absolute atomic E-state index is 5.53. The second-order valence-corrected chi connectivity index (χ2v) is 37.6. The normalized spacial score (nSPS) is 11.9. The second-order valence-electron chi connectivity index (χ2n) is 36.5. The van der Waals surface area contributed by atoms with Gasteiger partial charge in [0.2, 0.25) is 0 Å². The third-order valence-corrected chi connectivity index (χ3v) is 30.0. The van der Waals surface area contributed by atoms with E-state index in [4.69, 9.17) is 15.0 Å². The van der Waals surface area contributed by atoms with Gasteiger partial charge in [0, 0.05) is 124 Å². The number of hydrogen-bond acceptors (Lipinski definition) is 4. The lowest BCUT2D eigenvalue weighted by molar-refractivity contribution is 1.01. The number of fused-ring (bicyclic) bond motifs is 27. The molecule has 0 aliphatic heterocycles. The van der Waals surface area contributed by atoms with Gasteiger partial charge in [-0.1, -0.05) is 336 Å². The predicted octanol–water partition coefficient (Wildman–Crippen LogP) is 34.0. The molecular weight excluding hydrogens is 1720 g/mol. The molecule has 0 N–H and O–H groups in total. The number of para-hydroxylation sites is 9. The van der Waals surface area contributed by atoms with Crippen LogP contribution in [0.2, 0.25) is 0 Å². The highest BCUT2D eigenvalue weighted by Gasteiger charge is 2.28. The van der Waals surface area contributed by atoms with Gasteiger partial charge < -0.3 is 13.7 Å². The standard InChI is InChI=1S/C53H32N4S.C39H31N3.C37H27N3/c1-7-21-45-36(15-1)37-16-2-8-22-46(37)56(45)50-25-12-26-51(54-50)57-47-23-9-4-18-39(47)42-29-28-41-38-17-3-6-20-44(38)55(52(41)53(42)57)35-14-11-13-33(31-35)34-27-30-49-43(32-34)40-19-5-10-24-48(40)58-49;1-3-26-16-20-28(21-17-26)34-12-9-15-37(40-34)42-36-14-8-6-11-31(36)33-25-24-32-30-10-5-7-13-35(30)41(38(32)39(33)42)29-22-18-27(4-2)19-23-29;1-2-25-19-21-26(22-20-25)32-15-10-18-35(38-32)40-34-17-9-7-14-29(34)31-24-23-30-28-13-6-8-16-33(28)39(36(30)37(31)40)27-11-4-3-5-12-27/h1-32H;5-25H,3-4H2,1-2H3;3-24H,2H2,1H3. The van der Waals surface area contributed by atoms with Gasteiger partial charge in [0.25, 0.3) is 0 Å². The molecule has 11 heterocycles. The molecular formula is C129H90N10S. The monoisotopic (exact) mass is 1810 g/mol. The van der Waals surface area contributed by atoms with E-state index in [0.717, 1.165) is 115 Å². The molecule has 0 spiro atoms. The van der Waals surface area contributed by atoms with Crippen LogP contribution < -0.4 is 0 Å². The number of pyridine rings is 3. The molecule has 0 amide bonds. The lowest BCUT2D eigenvalue weighted by atomic mass is 10.0. The zero-order valence-corrected chi connectivity index (χ0v) is 78.1. The molecule has 18 aromatic carbocycles. The van der Waals surface area contributed by atoms with Crippen LogP contribution in [0.25, 0.3) is 247 Å². The zero-order chi connectivity index (χ0) is 92.7. The molecule has 0 saturated heterocycles. The summed E-state index contributed by atoms with van der Waals surface area (Å²) in [7, 11) is 0. The number of thiophene rings is 1. The minimum absolute atomic E-state index is 0.875. The number of aromatic nitrogens is 10. The highest BCUT2D eigenvalue weighted by molar-refractivity contribution is 7.25. The SMILES string of the molecule is CCc1ccc(-c2cccc(-n3c4ccccc4c4ccc5c6ccccc6n(-c6ccc(CC)cc6)c5c43)n2)cc1.CCc1ccc(-c2cccc(-n3c4ccccc4c4ccc5c6ccccc6n(-c6ccccc6)c5c43)n2)cc1.c1cc(-c2ccc3sc4ccccc4c3c2)cc(-n2c3ccccc3c3ccc4c5ccccc5n(-c5cccc(-n6c7ccccc7c7ccccc76)n5)c4c32)c1. The van der Waals surface area contributed by atoms with Crippen LogP contribution >= 0.6 is 11.3 Å². The summed E-state index contributed by atoms with van der Waals surface area (Å²) in [4.78, 5) is 16.1. The molecule has 140 heavy (non-hydrogen) atoms. The van der Waals surface area contributed by atoms with E-state index in [1.807, 2.05) is 11.3 Å². The van der Waals surface area contributed by atoms with Crippen molar-refractivity contribution in [2.75, 3.05) is 0 Å². The maximum atomic E-state index is 5.53. The fourth-order valence-corrected chi connectivity index (χ4v) is 23.4. The Bertz CT molecular complexity index is 9980. The van der Waals surface area contributed by atoms with E-state index in [2.05, 4.69) is 508 Å². The van der Waals surface area contributed by atoms with E-state index >= 15 is 0 Å². The second kappa shape index (κ2) is 33.3. The third-order valence-electron chi connectivity index (χ3n) is 28.8. The van der Waals surface area contributed by atoms with Gasteiger partial charge in [-0.25, -0.2) is 15.0 Å². The first-order valence-corrected chi connectivity index (χ1v) is 49.3. The van der Waals surface area contributed by atoms with Crippen LogP contribution in [0.5, 0.6) is 0 Å². The quantitative estimate of drug-likeness (QED) is 0.115. The highest BCUT2D eigenvalue weighted by atomic mass is 32.1. The van der Waals surface area contributed by atoms with E-state index < -0.39 is 0 Å². The lowest BCUT2D eigenvalue weighted by Gasteiger charge is -2.14. The van der Waals surface area contributed by atoms with Crippen LogP contribution in [-0.4, -0.2) is 46.9 Å². The van der Waals surface area contributed by atoms with Gasteiger partial charge in [0.05, 0.1) is 88.6 Å². The summed E-state index contributed by atoms with van der Waals surface area (Å²) < 4.78 is 19.4. The Morgan fingerprint density at radius 3 is 0.843 bits per heavy atom. The zero-order valence-electron chi connectivity index (χ0n) is 77.3. The minimum atomic E-state index is 0.875. The molecule has 0 aliphatic rings. The summed E-state index contributed by atoms with van der Waals surface area (Å²) in [5.41, 5.74) is 30.4. The van der Waals surface area contributed by atoms with Crippen LogP contribution in [0.1, 0.15) is 37.5 Å². The van der Waals surface area contributed by atoms with Gasteiger partial charge in [0.15, 0.2) is 0 Å². The van der Waals surface area contributed by atoms with Crippen molar-refractivity contribution in [2.45, 2.75) is 40.0 Å².